The maximum atomic E-state index is 5.59. The molecule has 0 aromatic carbocycles. The smallest absolute Gasteiger partial charge is 0.128 e. The van der Waals surface area contributed by atoms with Gasteiger partial charge < -0.3 is 9.73 Å². The summed E-state index contributed by atoms with van der Waals surface area (Å²) in [4.78, 5) is 1.31. The van der Waals surface area contributed by atoms with E-state index in [1.54, 1.807) is 17.6 Å². The highest BCUT2D eigenvalue weighted by Gasteiger charge is 2.19. The van der Waals surface area contributed by atoms with Crippen LogP contribution in [-0.4, -0.2) is 6.54 Å². The minimum absolute atomic E-state index is 0.204. The molecule has 3 heteroatoms. The Kier molecular flexibility index (Phi) is 3.80. The first kappa shape index (κ1) is 11.4. The highest BCUT2D eigenvalue weighted by Crippen LogP contribution is 2.28. The molecule has 0 saturated heterocycles. The van der Waals surface area contributed by atoms with Crippen molar-refractivity contribution in [3.8, 4) is 0 Å². The van der Waals surface area contributed by atoms with Crippen molar-refractivity contribution in [2.24, 2.45) is 0 Å². The molecule has 2 aromatic rings. The van der Waals surface area contributed by atoms with Crippen LogP contribution < -0.4 is 5.32 Å². The zero-order valence-electron chi connectivity index (χ0n) is 9.69. The van der Waals surface area contributed by atoms with Crippen LogP contribution in [0.25, 0.3) is 0 Å². The lowest BCUT2D eigenvalue weighted by Gasteiger charge is -2.15. The van der Waals surface area contributed by atoms with Crippen LogP contribution >= 0.6 is 11.3 Å². The SMILES string of the molecule is CCCNC(c1cccs1)c1occc1C. The zero-order valence-corrected chi connectivity index (χ0v) is 10.5. The second-order valence-corrected chi connectivity index (χ2v) is 4.85. The van der Waals surface area contributed by atoms with Crippen molar-refractivity contribution in [3.63, 3.8) is 0 Å². The van der Waals surface area contributed by atoms with Crippen LogP contribution in [0.5, 0.6) is 0 Å². The van der Waals surface area contributed by atoms with Crippen LogP contribution in [0, 0.1) is 6.92 Å². The molecule has 0 radical (unpaired) electrons. The third-order valence-corrected chi connectivity index (χ3v) is 3.53. The zero-order chi connectivity index (χ0) is 11.4. The largest absolute Gasteiger partial charge is 0.467 e. The Hall–Kier alpha value is -1.06. The molecule has 0 aliphatic heterocycles. The van der Waals surface area contributed by atoms with Gasteiger partial charge in [0.15, 0.2) is 0 Å². The van der Waals surface area contributed by atoms with Crippen molar-refractivity contribution < 1.29 is 4.42 Å². The average Bonchev–Trinajstić information content (AvgIpc) is 2.91. The number of nitrogens with one attached hydrogen (secondary N) is 1. The van der Waals surface area contributed by atoms with Gasteiger partial charge in [-0.1, -0.05) is 13.0 Å². The summed E-state index contributed by atoms with van der Waals surface area (Å²) in [6.45, 7) is 5.27. The predicted octanol–water partition coefficient (Wildman–Crippen LogP) is 3.74. The van der Waals surface area contributed by atoms with Gasteiger partial charge in [-0.05, 0) is 43.0 Å². The van der Waals surface area contributed by atoms with Crippen LogP contribution in [0.2, 0.25) is 0 Å². The normalized spacial score (nSPS) is 12.9. The second-order valence-electron chi connectivity index (χ2n) is 3.87. The molecule has 0 aliphatic carbocycles. The van der Waals surface area contributed by atoms with Gasteiger partial charge in [-0.2, -0.15) is 0 Å². The van der Waals surface area contributed by atoms with Gasteiger partial charge in [0.05, 0.1) is 6.26 Å². The maximum Gasteiger partial charge on any atom is 0.128 e. The number of thiophene rings is 1. The summed E-state index contributed by atoms with van der Waals surface area (Å²) in [7, 11) is 0. The van der Waals surface area contributed by atoms with E-state index in [2.05, 4.69) is 36.7 Å². The Morgan fingerprint density at radius 1 is 1.44 bits per heavy atom. The van der Waals surface area contributed by atoms with Crippen LogP contribution in [0.4, 0.5) is 0 Å². The molecule has 2 nitrogen and oxygen atoms in total. The van der Waals surface area contributed by atoms with E-state index in [0.29, 0.717) is 0 Å². The Bertz CT molecular complexity index is 419. The average molecular weight is 235 g/mol. The van der Waals surface area contributed by atoms with Gasteiger partial charge in [0, 0.05) is 4.88 Å². The van der Waals surface area contributed by atoms with Gasteiger partial charge in [-0.3, -0.25) is 0 Å². The summed E-state index contributed by atoms with van der Waals surface area (Å²) >= 11 is 1.77. The standard InChI is InChI=1S/C13H17NOS/c1-3-7-14-12(11-5-4-9-16-11)13-10(2)6-8-15-13/h4-6,8-9,12,14H,3,7H2,1-2H3. The van der Waals surface area contributed by atoms with Crippen LogP contribution in [-0.2, 0) is 0 Å². The highest BCUT2D eigenvalue weighted by molar-refractivity contribution is 7.10. The van der Waals surface area contributed by atoms with Crippen molar-refractivity contribution >= 4 is 11.3 Å². The molecule has 2 rings (SSSR count). The molecule has 86 valence electrons. The van der Waals surface area contributed by atoms with E-state index in [0.717, 1.165) is 18.7 Å². The fourth-order valence-corrected chi connectivity index (χ4v) is 2.54. The first-order valence-corrected chi connectivity index (χ1v) is 6.51. The quantitative estimate of drug-likeness (QED) is 0.854. The topological polar surface area (TPSA) is 25.2 Å². The van der Waals surface area contributed by atoms with Gasteiger partial charge in [0.25, 0.3) is 0 Å². The lowest BCUT2D eigenvalue weighted by Crippen LogP contribution is -2.22. The number of rotatable bonds is 5. The molecular weight excluding hydrogens is 218 g/mol. The summed E-state index contributed by atoms with van der Waals surface area (Å²) in [5, 5.41) is 5.64. The summed E-state index contributed by atoms with van der Waals surface area (Å²) in [5.74, 6) is 1.04. The van der Waals surface area contributed by atoms with Gasteiger partial charge in [0.1, 0.15) is 11.8 Å². The third kappa shape index (κ3) is 2.36. The molecular formula is C13H17NOS. The molecule has 0 spiro atoms. The number of aryl methyl sites for hydroxylation is 1. The van der Waals surface area contributed by atoms with E-state index in [9.17, 15) is 0 Å². The molecule has 0 fully saturated rings. The van der Waals surface area contributed by atoms with E-state index in [-0.39, 0.29) is 6.04 Å². The Morgan fingerprint density at radius 2 is 2.31 bits per heavy atom. The Labute approximate surface area is 100 Å². The maximum absolute atomic E-state index is 5.59. The molecule has 1 N–H and O–H groups in total. The van der Waals surface area contributed by atoms with Gasteiger partial charge >= 0.3 is 0 Å². The third-order valence-electron chi connectivity index (χ3n) is 2.59. The molecule has 16 heavy (non-hydrogen) atoms. The first-order chi connectivity index (χ1) is 7.83. The summed E-state index contributed by atoms with van der Waals surface area (Å²) in [5.41, 5.74) is 1.21. The summed E-state index contributed by atoms with van der Waals surface area (Å²) in [6.07, 6.45) is 2.89. The first-order valence-electron chi connectivity index (χ1n) is 5.63. The number of furan rings is 1. The minimum atomic E-state index is 0.204. The Balaban J connectivity index is 2.25. The van der Waals surface area contributed by atoms with Crippen molar-refractivity contribution in [2.45, 2.75) is 26.3 Å². The van der Waals surface area contributed by atoms with Gasteiger partial charge in [0.2, 0.25) is 0 Å². The van der Waals surface area contributed by atoms with Crippen molar-refractivity contribution in [3.05, 3.63) is 46.0 Å². The van der Waals surface area contributed by atoms with Crippen LogP contribution in [0.1, 0.15) is 35.6 Å². The fourth-order valence-electron chi connectivity index (χ4n) is 1.75. The minimum Gasteiger partial charge on any atom is -0.467 e. The van der Waals surface area contributed by atoms with Crippen molar-refractivity contribution in [1.29, 1.82) is 0 Å². The molecule has 2 heterocycles. The van der Waals surface area contributed by atoms with E-state index >= 15 is 0 Å². The molecule has 0 aliphatic rings. The van der Waals surface area contributed by atoms with Crippen LogP contribution in [0.3, 0.4) is 0 Å². The molecule has 0 saturated carbocycles. The lowest BCUT2D eigenvalue weighted by atomic mass is 10.1. The molecule has 1 atom stereocenters. The molecule has 1 unspecified atom stereocenters. The predicted molar refractivity (Wildman–Crippen MR) is 67.9 cm³/mol. The highest BCUT2D eigenvalue weighted by atomic mass is 32.1. The summed E-state index contributed by atoms with van der Waals surface area (Å²) in [6, 6.07) is 6.46. The van der Waals surface area contributed by atoms with Gasteiger partial charge in [-0.25, -0.2) is 0 Å². The van der Waals surface area contributed by atoms with E-state index in [4.69, 9.17) is 4.42 Å². The Morgan fingerprint density at radius 3 is 2.88 bits per heavy atom. The molecule has 0 amide bonds. The van der Waals surface area contributed by atoms with Crippen molar-refractivity contribution in [1.82, 2.24) is 5.32 Å². The van der Waals surface area contributed by atoms with Gasteiger partial charge in [-0.15, -0.1) is 11.3 Å². The fraction of sp³-hybridized carbons (Fsp3) is 0.385. The molecule has 0 bridgehead atoms. The second kappa shape index (κ2) is 5.32. The van der Waals surface area contributed by atoms with Crippen molar-refractivity contribution in [2.75, 3.05) is 6.54 Å². The van der Waals surface area contributed by atoms with E-state index in [1.807, 2.05) is 6.07 Å². The summed E-state index contributed by atoms with van der Waals surface area (Å²) < 4.78 is 5.59. The van der Waals surface area contributed by atoms with E-state index < -0.39 is 0 Å². The van der Waals surface area contributed by atoms with Crippen LogP contribution in [0.15, 0.2) is 34.3 Å². The number of hydrogen-bond donors (Lipinski definition) is 1. The van der Waals surface area contributed by atoms with E-state index in [1.165, 1.54) is 10.4 Å². The number of hydrogen-bond acceptors (Lipinski definition) is 3. The molecule has 2 aromatic heterocycles. The lowest BCUT2D eigenvalue weighted by molar-refractivity contribution is 0.447. The monoisotopic (exact) mass is 235 g/mol.